The minimum atomic E-state index is -3.42. The van der Waals surface area contributed by atoms with Crippen molar-refractivity contribution in [2.75, 3.05) is 18.1 Å². The lowest BCUT2D eigenvalue weighted by Crippen LogP contribution is -2.25. The zero-order chi connectivity index (χ0) is 14.5. The van der Waals surface area contributed by atoms with Crippen LogP contribution in [0.1, 0.15) is 6.92 Å². The van der Waals surface area contributed by atoms with Crippen molar-refractivity contribution >= 4 is 31.7 Å². The van der Waals surface area contributed by atoms with Gasteiger partial charge in [-0.15, -0.1) is 0 Å². The molecule has 1 rings (SSSR count). The second-order valence-electron chi connectivity index (χ2n) is 4.16. The molecule has 0 amide bonds. The molecule has 19 heavy (non-hydrogen) atoms. The molecule has 1 N–H and O–H groups in total. The van der Waals surface area contributed by atoms with Gasteiger partial charge in [-0.3, -0.25) is 4.79 Å². The molecule has 0 radical (unpaired) electrons. The lowest BCUT2D eigenvalue weighted by Gasteiger charge is -2.09. The number of benzene rings is 1. The maximum absolute atomic E-state index is 11.6. The van der Waals surface area contributed by atoms with Gasteiger partial charge in [-0.05, 0) is 24.3 Å². The van der Waals surface area contributed by atoms with Crippen molar-refractivity contribution in [1.82, 2.24) is 0 Å². The Bertz CT molecular complexity index is 524. The highest BCUT2D eigenvalue weighted by atomic mass is 79.9. The summed E-state index contributed by atoms with van der Waals surface area (Å²) in [5, 5.41) is 8.67. The molecule has 0 saturated heterocycles. The minimum absolute atomic E-state index is 0.0102. The highest BCUT2D eigenvalue weighted by Gasteiger charge is 2.20. The summed E-state index contributed by atoms with van der Waals surface area (Å²) in [6.45, 7) is 1.38. The number of carbonyl (C=O) groups is 1. The lowest BCUT2D eigenvalue weighted by atomic mass is 10.2. The molecule has 1 unspecified atom stereocenters. The molecular weight excluding hydrogens is 336 g/mol. The standard InChI is InChI=1S/C12H15BrO5S/c1-9(12(14)15)8-19(16,17)7-6-18-11-4-2-10(13)3-5-11/h2-5,9H,6-8H2,1H3,(H,14,15). The van der Waals surface area contributed by atoms with E-state index in [-0.39, 0.29) is 18.1 Å². The average molecular weight is 351 g/mol. The topological polar surface area (TPSA) is 80.7 Å². The normalized spacial score (nSPS) is 12.9. The van der Waals surface area contributed by atoms with Crippen LogP contribution < -0.4 is 4.74 Å². The van der Waals surface area contributed by atoms with Gasteiger partial charge < -0.3 is 9.84 Å². The molecule has 0 aliphatic carbocycles. The number of halogens is 1. The molecule has 5 nitrogen and oxygen atoms in total. The predicted octanol–water partition coefficient (Wildman–Crippen LogP) is 1.96. The van der Waals surface area contributed by atoms with Crippen molar-refractivity contribution in [3.63, 3.8) is 0 Å². The van der Waals surface area contributed by atoms with E-state index in [2.05, 4.69) is 15.9 Å². The number of carboxylic acid groups (broad SMARTS) is 1. The molecule has 0 bridgehead atoms. The minimum Gasteiger partial charge on any atom is -0.493 e. The lowest BCUT2D eigenvalue weighted by molar-refractivity contribution is -0.140. The first-order chi connectivity index (χ1) is 8.80. The fourth-order valence-electron chi connectivity index (χ4n) is 1.35. The molecule has 7 heteroatoms. The Morgan fingerprint density at radius 3 is 2.47 bits per heavy atom. The summed E-state index contributed by atoms with van der Waals surface area (Å²) in [5.74, 6) is -2.01. The van der Waals surface area contributed by atoms with Gasteiger partial charge in [0.15, 0.2) is 9.84 Å². The van der Waals surface area contributed by atoms with Gasteiger partial charge in [0.05, 0.1) is 17.4 Å². The average Bonchev–Trinajstić information content (AvgIpc) is 2.30. The second-order valence-corrected chi connectivity index (χ2v) is 7.30. The zero-order valence-corrected chi connectivity index (χ0v) is 12.8. The van der Waals surface area contributed by atoms with E-state index in [0.29, 0.717) is 5.75 Å². The van der Waals surface area contributed by atoms with Crippen molar-refractivity contribution in [2.45, 2.75) is 6.92 Å². The molecule has 1 aromatic carbocycles. The fraction of sp³-hybridized carbons (Fsp3) is 0.417. The molecule has 0 aliphatic rings. The molecular formula is C12H15BrO5S. The molecule has 0 aliphatic heterocycles. The van der Waals surface area contributed by atoms with Gasteiger partial charge in [-0.1, -0.05) is 22.9 Å². The Morgan fingerprint density at radius 1 is 1.37 bits per heavy atom. The Balaban J connectivity index is 2.43. The van der Waals surface area contributed by atoms with E-state index in [0.717, 1.165) is 4.47 Å². The smallest absolute Gasteiger partial charge is 0.307 e. The van der Waals surface area contributed by atoms with Crippen molar-refractivity contribution in [2.24, 2.45) is 5.92 Å². The Labute approximate surface area is 120 Å². The number of sulfone groups is 1. The Morgan fingerprint density at radius 2 is 1.95 bits per heavy atom. The Kier molecular flexibility index (Phi) is 5.81. The number of ether oxygens (including phenoxy) is 1. The van der Waals surface area contributed by atoms with Crippen molar-refractivity contribution in [1.29, 1.82) is 0 Å². The molecule has 0 spiro atoms. The zero-order valence-electron chi connectivity index (χ0n) is 10.4. The number of hydrogen-bond donors (Lipinski definition) is 1. The van der Waals surface area contributed by atoms with E-state index >= 15 is 0 Å². The van der Waals surface area contributed by atoms with Crippen molar-refractivity contribution < 1.29 is 23.1 Å². The molecule has 1 atom stereocenters. The van der Waals surface area contributed by atoms with Crippen molar-refractivity contribution in [3.8, 4) is 5.75 Å². The third kappa shape index (κ3) is 6.07. The van der Waals surface area contributed by atoms with E-state index in [4.69, 9.17) is 9.84 Å². The first-order valence-corrected chi connectivity index (χ1v) is 8.23. The molecule has 0 aromatic heterocycles. The number of hydrogen-bond acceptors (Lipinski definition) is 4. The molecule has 106 valence electrons. The monoisotopic (exact) mass is 350 g/mol. The Hall–Kier alpha value is -1.08. The van der Waals surface area contributed by atoms with E-state index in [1.807, 2.05) is 0 Å². The van der Waals surface area contributed by atoms with E-state index in [1.165, 1.54) is 6.92 Å². The van der Waals surface area contributed by atoms with Gasteiger partial charge in [0.2, 0.25) is 0 Å². The number of aliphatic carboxylic acids is 1. The summed E-state index contributed by atoms with van der Waals surface area (Å²) in [5.41, 5.74) is 0. The number of rotatable bonds is 7. The molecule has 0 fully saturated rings. The highest BCUT2D eigenvalue weighted by molar-refractivity contribution is 9.10. The van der Waals surface area contributed by atoms with Crippen LogP contribution in [-0.2, 0) is 14.6 Å². The van der Waals surface area contributed by atoms with E-state index < -0.39 is 21.7 Å². The van der Waals surface area contributed by atoms with Crippen LogP contribution in [0.4, 0.5) is 0 Å². The summed E-state index contributed by atoms with van der Waals surface area (Å²) in [6, 6.07) is 7.01. The maximum atomic E-state index is 11.6. The third-order valence-electron chi connectivity index (χ3n) is 2.40. The first-order valence-electron chi connectivity index (χ1n) is 5.62. The molecule has 0 saturated carbocycles. The van der Waals surface area contributed by atoms with Gasteiger partial charge in [0.1, 0.15) is 12.4 Å². The summed E-state index contributed by atoms with van der Waals surface area (Å²) in [4.78, 5) is 10.6. The van der Waals surface area contributed by atoms with E-state index in [9.17, 15) is 13.2 Å². The molecule has 1 aromatic rings. The first kappa shape index (κ1) is 16.0. The largest absolute Gasteiger partial charge is 0.493 e. The third-order valence-corrected chi connectivity index (χ3v) is 4.73. The summed E-state index contributed by atoms with van der Waals surface area (Å²) in [7, 11) is -3.42. The van der Waals surface area contributed by atoms with Gasteiger partial charge in [-0.2, -0.15) is 0 Å². The summed E-state index contributed by atoms with van der Waals surface area (Å²) < 4.78 is 29.5. The van der Waals surface area contributed by atoms with Gasteiger partial charge >= 0.3 is 5.97 Å². The quantitative estimate of drug-likeness (QED) is 0.812. The highest BCUT2D eigenvalue weighted by Crippen LogP contribution is 2.16. The molecule has 0 heterocycles. The maximum Gasteiger partial charge on any atom is 0.307 e. The second kappa shape index (κ2) is 6.91. The van der Waals surface area contributed by atoms with Crippen LogP contribution in [-0.4, -0.2) is 37.6 Å². The van der Waals surface area contributed by atoms with Crippen LogP contribution in [0, 0.1) is 5.92 Å². The van der Waals surface area contributed by atoms with Crippen LogP contribution in [0.2, 0.25) is 0 Å². The summed E-state index contributed by atoms with van der Waals surface area (Å²) >= 11 is 3.28. The number of carboxylic acids is 1. The van der Waals surface area contributed by atoms with Crippen molar-refractivity contribution in [3.05, 3.63) is 28.7 Å². The van der Waals surface area contributed by atoms with Crippen LogP contribution in [0.15, 0.2) is 28.7 Å². The van der Waals surface area contributed by atoms with Crippen LogP contribution >= 0.6 is 15.9 Å². The van der Waals surface area contributed by atoms with Gasteiger partial charge in [0.25, 0.3) is 0 Å². The van der Waals surface area contributed by atoms with Crippen LogP contribution in [0.3, 0.4) is 0 Å². The van der Waals surface area contributed by atoms with Crippen LogP contribution in [0.25, 0.3) is 0 Å². The predicted molar refractivity (Wildman–Crippen MR) is 75.1 cm³/mol. The summed E-state index contributed by atoms with van der Waals surface area (Å²) in [6.07, 6.45) is 0. The van der Waals surface area contributed by atoms with Crippen LogP contribution in [0.5, 0.6) is 5.75 Å². The van der Waals surface area contributed by atoms with E-state index in [1.54, 1.807) is 24.3 Å². The fourth-order valence-corrected chi connectivity index (χ4v) is 3.03. The SMILES string of the molecule is CC(CS(=O)(=O)CCOc1ccc(Br)cc1)C(=O)O. The van der Waals surface area contributed by atoms with Gasteiger partial charge in [-0.25, -0.2) is 8.42 Å². The van der Waals surface area contributed by atoms with Gasteiger partial charge in [0, 0.05) is 4.47 Å².